The molecule has 0 aliphatic rings. The maximum Gasteiger partial charge on any atom is 0.341 e. The fraction of sp³-hybridized carbons (Fsp3) is 0.348. The van der Waals surface area contributed by atoms with Crippen LogP contribution in [0, 0.1) is 6.92 Å². The first-order valence-electron chi connectivity index (χ1n) is 10.5. The van der Waals surface area contributed by atoms with Gasteiger partial charge in [0.25, 0.3) is 11.8 Å². The minimum absolute atomic E-state index is 0.0694. The summed E-state index contributed by atoms with van der Waals surface area (Å²) in [6.07, 6.45) is -0.177. The van der Waals surface area contributed by atoms with Crippen molar-refractivity contribution in [2.45, 2.75) is 33.2 Å². The van der Waals surface area contributed by atoms with E-state index in [2.05, 4.69) is 16.0 Å². The molecular formula is C23H27N3O7S. The van der Waals surface area contributed by atoms with E-state index in [-0.39, 0.29) is 34.4 Å². The molecule has 182 valence electrons. The predicted octanol–water partition coefficient (Wildman–Crippen LogP) is 2.34. The van der Waals surface area contributed by atoms with Crippen LogP contribution in [0.2, 0.25) is 0 Å². The Balaban J connectivity index is 2.07. The van der Waals surface area contributed by atoms with Crippen molar-refractivity contribution in [1.82, 2.24) is 10.6 Å². The lowest BCUT2D eigenvalue weighted by molar-refractivity contribution is -0.148. The molecule has 0 saturated carbocycles. The molecule has 1 atom stereocenters. The van der Waals surface area contributed by atoms with E-state index >= 15 is 0 Å². The molecule has 0 saturated heterocycles. The van der Waals surface area contributed by atoms with Crippen LogP contribution in [0.5, 0.6) is 0 Å². The first-order valence-corrected chi connectivity index (χ1v) is 11.3. The average molecular weight is 490 g/mol. The summed E-state index contributed by atoms with van der Waals surface area (Å²) < 4.78 is 10.1. The maximum absolute atomic E-state index is 12.4. The summed E-state index contributed by atoms with van der Waals surface area (Å²) in [6, 6.07) is 8.28. The van der Waals surface area contributed by atoms with Crippen molar-refractivity contribution in [3.8, 4) is 0 Å². The Hall–Kier alpha value is -3.73. The Bertz CT molecular complexity index is 1070. The van der Waals surface area contributed by atoms with E-state index in [1.165, 1.54) is 14.0 Å². The highest BCUT2D eigenvalue weighted by Gasteiger charge is 2.26. The number of ether oxygens (including phenoxy) is 2. The molecule has 0 radical (unpaired) electrons. The summed E-state index contributed by atoms with van der Waals surface area (Å²) in [7, 11) is 1.45. The van der Waals surface area contributed by atoms with E-state index in [1.807, 2.05) is 6.07 Å². The van der Waals surface area contributed by atoms with Gasteiger partial charge in [-0.1, -0.05) is 30.3 Å². The van der Waals surface area contributed by atoms with Gasteiger partial charge in [0.2, 0.25) is 5.91 Å². The van der Waals surface area contributed by atoms with Crippen LogP contribution in [0.4, 0.5) is 5.00 Å². The topological polar surface area (TPSA) is 140 Å². The molecule has 2 aromatic rings. The molecule has 10 nitrogen and oxygen atoms in total. The van der Waals surface area contributed by atoms with Gasteiger partial charge in [-0.25, -0.2) is 4.79 Å². The van der Waals surface area contributed by atoms with Gasteiger partial charge in [-0.3, -0.25) is 19.2 Å². The van der Waals surface area contributed by atoms with Crippen LogP contribution in [0.3, 0.4) is 0 Å². The number of nitrogens with one attached hydrogen (secondary N) is 3. The molecule has 11 heteroatoms. The van der Waals surface area contributed by atoms with E-state index < -0.39 is 36.4 Å². The second kappa shape index (κ2) is 12.5. The Morgan fingerprint density at radius 1 is 1.06 bits per heavy atom. The normalized spacial score (nSPS) is 11.2. The van der Waals surface area contributed by atoms with Gasteiger partial charge >= 0.3 is 11.9 Å². The number of carbonyl (C=O) groups is 5. The van der Waals surface area contributed by atoms with Crippen LogP contribution < -0.4 is 16.0 Å². The molecular weight excluding hydrogens is 462 g/mol. The Kier molecular flexibility index (Phi) is 9.75. The number of thiophene rings is 1. The van der Waals surface area contributed by atoms with Crippen molar-refractivity contribution in [3.63, 3.8) is 0 Å². The molecule has 3 N–H and O–H groups in total. The monoisotopic (exact) mass is 489 g/mol. The molecule has 1 aromatic carbocycles. The third kappa shape index (κ3) is 7.14. The van der Waals surface area contributed by atoms with Crippen molar-refractivity contribution in [1.29, 1.82) is 0 Å². The van der Waals surface area contributed by atoms with E-state index in [0.717, 1.165) is 11.3 Å². The first kappa shape index (κ1) is 26.5. The summed E-state index contributed by atoms with van der Waals surface area (Å²) in [5, 5.41) is 7.80. The highest BCUT2D eigenvalue weighted by Crippen LogP contribution is 2.33. The fourth-order valence-electron chi connectivity index (χ4n) is 3.10. The Morgan fingerprint density at radius 3 is 2.32 bits per heavy atom. The van der Waals surface area contributed by atoms with E-state index in [9.17, 15) is 24.0 Å². The molecule has 0 bridgehead atoms. The zero-order chi connectivity index (χ0) is 25.3. The molecule has 1 heterocycles. The summed E-state index contributed by atoms with van der Waals surface area (Å²) in [6.45, 7) is 4.06. The van der Waals surface area contributed by atoms with Crippen molar-refractivity contribution in [3.05, 3.63) is 51.9 Å². The van der Waals surface area contributed by atoms with E-state index in [0.29, 0.717) is 11.1 Å². The third-order valence-electron chi connectivity index (χ3n) is 4.63. The smallest absolute Gasteiger partial charge is 0.341 e. The molecule has 0 unspecified atom stereocenters. The Labute approximate surface area is 201 Å². The van der Waals surface area contributed by atoms with Crippen molar-refractivity contribution >= 4 is 46.0 Å². The molecule has 0 aliphatic heterocycles. The molecule has 0 fully saturated rings. The minimum Gasteiger partial charge on any atom is -0.462 e. The predicted molar refractivity (Wildman–Crippen MR) is 126 cm³/mol. The van der Waals surface area contributed by atoms with Crippen LogP contribution in [-0.2, 0) is 23.9 Å². The van der Waals surface area contributed by atoms with Crippen LogP contribution in [-0.4, -0.2) is 49.9 Å². The number of hydrogen-bond donors (Lipinski definition) is 3. The summed E-state index contributed by atoms with van der Waals surface area (Å²) in [5.74, 6) is -2.80. The molecule has 2 rings (SSSR count). The van der Waals surface area contributed by atoms with Crippen LogP contribution in [0.15, 0.2) is 30.3 Å². The lowest BCUT2D eigenvalue weighted by Gasteiger charge is -2.17. The summed E-state index contributed by atoms with van der Waals surface area (Å²) >= 11 is 0.918. The largest absolute Gasteiger partial charge is 0.462 e. The highest BCUT2D eigenvalue weighted by atomic mass is 32.1. The summed E-state index contributed by atoms with van der Waals surface area (Å²) in [4.78, 5) is 61.0. The Morgan fingerprint density at radius 2 is 1.74 bits per heavy atom. The van der Waals surface area contributed by atoms with Crippen LogP contribution >= 0.6 is 11.3 Å². The lowest BCUT2D eigenvalue weighted by atomic mass is 10.0. The molecule has 0 spiro atoms. The van der Waals surface area contributed by atoms with Crippen LogP contribution in [0.1, 0.15) is 57.5 Å². The number of esters is 2. The van der Waals surface area contributed by atoms with Gasteiger partial charge in [0, 0.05) is 14.0 Å². The van der Waals surface area contributed by atoms with E-state index in [1.54, 1.807) is 38.1 Å². The zero-order valence-corrected chi connectivity index (χ0v) is 20.2. The highest BCUT2D eigenvalue weighted by molar-refractivity contribution is 7.18. The SMILES string of the molecule is CCOC(=O)c1c(NC(=O)COC(=O)C[C@@H](NC(C)=O)c2ccccc2)sc(C(=O)NC)c1C. The van der Waals surface area contributed by atoms with E-state index in [4.69, 9.17) is 9.47 Å². The molecule has 0 aliphatic carbocycles. The number of rotatable bonds is 10. The molecule has 1 aromatic heterocycles. The average Bonchev–Trinajstić information content (AvgIpc) is 3.12. The zero-order valence-electron chi connectivity index (χ0n) is 19.4. The second-order valence-corrected chi connectivity index (χ2v) is 8.16. The molecule has 3 amide bonds. The van der Waals surface area contributed by atoms with Gasteiger partial charge in [0.15, 0.2) is 6.61 Å². The fourth-order valence-corrected chi connectivity index (χ4v) is 4.26. The van der Waals surface area contributed by atoms with Gasteiger partial charge in [-0.15, -0.1) is 11.3 Å². The quantitative estimate of drug-likeness (QED) is 0.435. The van der Waals surface area contributed by atoms with Gasteiger partial charge in [0.1, 0.15) is 5.00 Å². The minimum atomic E-state index is -0.697. The number of benzene rings is 1. The molecule has 34 heavy (non-hydrogen) atoms. The van der Waals surface area contributed by atoms with Crippen LogP contribution in [0.25, 0.3) is 0 Å². The van der Waals surface area contributed by atoms with Gasteiger partial charge < -0.3 is 25.4 Å². The number of amides is 3. The van der Waals surface area contributed by atoms with Crippen molar-refractivity contribution in [2.75, 3.05) is 25.6 Å². The number of anilines is 1. The number of carbonyl (C=O) groups excluding carboxylic acids is 5. The van der Waals surface area contributed by atoms with Crippen molar-refractivity contribution < 1.29 is 33.4 Å². The number of hydrogen-bond acceptors (Lipinski definition) is 8. The maximum atomic E-state index is 12.4. The van der Waals surface area contributed by atoms with Gasteiger partial charge in [-0.2, -0.15) is 0 Å². The lowest BCUT2D eigenvalue weighted by Crippen LogP contribution is -2.29. The van der Waals surface area contributed by atoms with Crippen molar-refractivity contribution in [2.24, 2.45) is 0 Å². The second-order valence-electron chi connectivity index (χ2n) is 7.14. The van der Waals surface area contributed by atoms with Gasteiger partial charge in [-0.05, 0) is 25.0 Å². The van der Waals surface area contributed by atoms with Gasteiger partial charge in [0.05, 0.1) is 29.5 Å². The third-order valence-corrected chi connectivity index (χ3v) is 5.83. The first-order chi connectivity index (χ1) is 16.2. The standard InChI is InChI=1S/C23H27N3O7S/c1-5-32-23(31)19-13(2)20(21(30)24-4)34-22(19)26-17(28)12-33-18(29)11-16(25-14(3)27)15-9-7-6-8-10-15/h6-10,16H,5,11-12H2,1-4H3,(H,24,30)(H,25,27)(H,26,28)/t16-/m1/s1. The summed E-state index contributed by atoms with van der Waals surface area (Å²) in [5.41, 5.74) is 1.16.